The number of unbranched alkanes of at least 4 members (excludes halogenated alkanes) is 10. The highest BCUT2D eigenvalue weighted by atomic mass is 127. The van der Waals surface area contributed by atoms with Crippen LogP contribution in [-0.2, 0) is 0 Å². The predicted molar refractivity (Wildman–Crippen MR) is 104 cm³/mol. The molecule has 0 unspecified atom stereocenters. The molecule has 0 aromatic rings. The molecule has 0 saturated heterocycles. The summed E-state index contributed by atoms with van der Waals surface area (Å²) in [6, 6.07) is 0. The largest absolute Gasteiger partial charge is 0.197 e. The molecular weight excluding hydrogens is 363 g/mol. The lowest BCUT2D eigenvalue weighted by atomic mass is 10.0. The first kappa shape index (κ1) is 22.4. The van der Waals surface area contributed by atoms with Gasteiger partial charge in [-0.3, -0.25) is 0 Å². The Morgan fingerprint density at radius 1 is 0.579 bits per heavy atom. The molecule has 0 fully saturated rings. The van der Waals surface area contributed by atoms with Gasteiger partial charge in [-0.15, -0.1) is 0 Å². The molecule has 0 heterocycles. The van der Waals surface area contributed by atoms with Gasteiger partial charge in [0.2, 0.25) is 0 Å². The van der Waals surface area contributed by atoms with Crippen LogP contribution in [0.15, 0.2) is 0 Å². The molecule has 0 aliphatic carbocycles. The summed E-state index contributed by atoms with van der Waals surface area (Å²) in [4.78, 5) is 0. The molecule has 0 aromatic heterocycles. The van der Waals surface area contributed by atoms with Crippen LogP contribution >= 0.6 is 36.1 Å². The maximum atomic E-state index is 2.68. The standard InChI is InChI=1S/C17H35I.H2S/c1-3-5-7-9-11-13-15-17(18)16-14-12-10-8-6-4-2;/h17H,3-16H2,1-2H3;1H2. The van der Waals surface area contributed by atoms with Gasteiger partial charge in [-0.2, -0.15) is 13.5 Å². The summed E-state index contributed by atoms with van der Waals surface area (Å²) in [6.45, 7) is 4.59. The van der Waals surface area contributed by atoms with Gasteiger partial charge in [-0.1, -0.05) is 113 Å². The highest BCUT2D eigenvalue weighted by Crippen LogP contribution is 2.19. The van der Waals surface area contributed by atoms with E-state index in [2.05, 4.69) is 36.4 Å². The van der Waals surface area contributed by atoms with Crippen LogP contribution in [0.4, 0.5) is 0 Å². The third-order valence-corrected chi connectivity index (χ3v) is 4.99. The van der Waals surface area contributed by atoms with Crippen molar-refractivity contribution in [3.63, 3.8) is 0 Å². The molecule has 0 rings (SSSR count). The third kappa shape index (κ3) is 19.1. The van der Waals surface area contributed by atoms with Gasteiger partial charge in [0, 0.05) is 3.92 Å². The molecule has 0 radical (unpaired) electrons. The van der Waals surface area contributed by atoms with Crippen molar-refractivity contribution in [2.45, 2.75) is 108 Å². The Morgan fingerprint density at radius 2 is 0.895 bits per heavy atom. The van der Waals surface area contributed by atoms with Gasteiger partial charge < -0.3 is 0 Å². The van der Waals surface area contributed by atoms with Crippen molar-refractivity contribution in [1.82, 2.24) is 0 Å². The van der Waals surface area contributed by atoms with Gasteiger partial charge in [0.1, 0.15) is 0 Å². The van der Waals surface area contributed by atoms with Gasteiger partial charge in [-0.05, 0) is 12.8 Å². The lowest BCUT2D eigenvalue weighted by Gasteiger charge is -2.09. The zero-order valence-electron chi connectivity index (χ0n) is 13.4. The van der Waals surface area contributed by atoms with E-state index in [1.54, 1.807) is 0 Å². The summed E-state index contributed by atoms with van der Waals surface area (Å²) >= 11 is 2.68. The minimum Gasteiger partial charge on any atom is -0.197 e. The topological polar surface area (TPSA) is 0 Å². The minimum atomic E-state index is 0. The summed E-state index contributed by atoms with van der Waals surface area (Å²) < 4.78 is 0.944. The Hall–Kier alpha value is 1.08. The summed E-state index contributed by atoms with van der Waals surface area (Å²) in [7, 11) is 0. The molecule has 0 amide bonds. The Kier molecular flexibility index (Phi) is 22.5. The van der Waals surface area contributed by atoms with Gasteiger partial charge in [0.25, 0.3) is 0 Å². The van der Waals surface area contributed by atoms with E-state index in [4.69, 9.17) is 0 Å². The molecule has 0 atom stereocenters. The average molecular weight is 400 g/mol. The summed E-state index contributed by atoms with van der Waals surface area (Å²) in [5, 5.41) is 0. The third-order valence-electron chi connectivity index (χ3n) is 3.74. The van der Waals surface area contributed by atoms with E-state index in [0.717, 1.165) is 3.92 Å². The van der Waals surface area contributed by atoms with E-state index in [1.165, 1.54) is 89.9 Å². The quantitative estimate of drug-likeness (QED) is 0.162. The minimum absolute atomic E-state index is 0. The second-order valence-electron chi connectivity index (χ2n) is 5.71. The van der Waals surface area contributed by atoms with Crippen LogP contribution in [0, 0.1) is 0 Å². The molecule has 118 valence electrons. The first-order valence-corrected chi connectivity index (χ1v) is 9.69. The molecule has 0 nitrogen and oxygen atoms in total. The van der Waals surface area contributed by atoms with E-state index in [-0.39, 0.29) is 13.5 Å². The Bertz CT molecular complexity index is 134. The molecule has 0 saturated carbocycles. The Morgan fingerprint density at radius 3 is 1.26 bits per heavy atom. The van der Waals surface area contributed by atoms with Crippen molar-refractivity contribution < 1.29 is 0 Å². The predicted octanol–water partition coefficient (Wildman–Crippen LogP) is 7.40. The molecule has 0 aliphatic heterocycles. The van der Waals surface area contributed by atoms with Crippen LogP contribution in [0.1, 0.15) is 104 Å². The van der Waals surface area contributed by atoms with E-state index in [0.29, 0.717) is 0 Å². The van der Waals surface area contributed by atoms with Crippen molar-refractivity contribution in [1.29, 1.82) is 0 Å². The van der Waals surface area contributed by atoms with Crippen LogP contribution in [0.5, 0.6) is 0 Å². The van der Waals surface area contributed by atoms with Gasteiger partial charge >= 0.3 is 0 Å². The number of halogens is 1. The van der Waals surface area contributed by atoms with Crippen molar-refractivity contribution >= 4 is 36.1 Å². The van der Waals surface area contributed by atoms with Gasteiger partial charge in [0.15, 0.2) is 0 Å². The fraction of sp³-hybridized carbons (Fsp3) is 1.00. The second kappa shape index (κ2) is 19.1. The van der Waals surface area contributed by atoms with E-state index in [1.807, 2.05) is 0 Å². The molecule has 0 aromatic carbocycles. The van der Waals surface area contributed by atoms with Crippen LogP contribution in [0.2, 0.25) is 0 Å². The number of hydrogen-bond donors (Lipinski definition) is 0. The smallest absolute Gasteiger partial charge is 0.0110 e. The van der Waals surface area contributed by atoms with E-state index in [9.17, 15) is 0 Å². The molecule has 0 spiro atoms. The highest BCUT2D eigenvalue weighted by Gasteiger charge is 2.03. The highest BCUT2D eigenvalue weighted by molar-refractivity contribution is 14.1. The molecule has 0 N–H and O–H groups in total. The van der Waals surface area contributed by atoms with Gasteiger partial charge in [-0.25, -0.2) is 0 Å². The van der Waals surface area contributed by atoms with E-state index < -0.39 is 0 Å². The molecule has 2 heteroatoms. The zero-order chi connectivity index (χ0) is 13.5. The number of rotatable bonds is 14. The SMILES string of the molecule is CCCCCCCCC(I)CCCCCCCC.S. The van der Waals surface area contributed by atoms with Crippen molar-refractivity contribution in [2.24, 2.45) is 0 Å². The fourth-order valence-corrected chi connectivity index (χ4v) is 3.32. The van der Waals surface area contributed by atoms with Crippen molar-refractivity contribution in [2.75, 3.05) is 0 Å². The lowest BCUT2D eigenvalue weighted by Crippen LogP contribution is -1.97. The first-order valence-electron chi connectivity index (χ1n) is 8.45. The Balaban J connectivity index is 0. The fourth-order valence-electron chi connectivity index (χ4n) is 2.44. The Labute approximate surface area is 143 Å². The summed E-state index contributed by atoms with van der Waals surface area (Å²) in [6.07, 6.45) is 20.2. The zero-order valence-corrected chi connectivity index (χ0v) is 16.5. The number of hydrogen-bond acceptors (Lipinski definition) is 0. The second-order valence-corrected chi connectivity index (χ2v) is 7.47. The maximum absolute atomic E-state index is 2.68. The summed E-state index contributed by atoms with van der Waals surface area (Å²) in [5.74, 6) is 0. The average Bonchev–Trinajstić information content (AvgIpc) is 2.38. The summed E-state index contributed by atoms with van der Waals surface area (Å²) in [5.41, 5.74) is 0. The van der Waals surface area contributed by atoms with Gasteiger partial charge in [0.05, 0.1) is 0 Å². The van der Waals surface area contributed by atoms with Crippen LogP contribution in [-0.4, -0.2) is 3.92 Å². The maximum Gasteiger partial charge on any atom is 0.0110 e. The number of alkyl halides is 1. The van der Waals surface area contributed by atoms with Crippen LogP contribution < -0.4 is 0 Å². The van der Waals surface area contributed by atoms with E-state index >= 15 is 0 Å². The molecule has 0 aliphatic rings. The van der Waals surface area contributed by atoms with Crippen molar-refractivity contribution in [3.05, 3.63) is 0 Å². The molecule has 0 bridgehead atoms. The molecular formula is C17H37IS. The van der Waals surface area contributed by atoms with Crippen molar-refractivity contribution in [3.8, 4) is 0 Å². The molecule has 19 heavy (non-hydrogen) atoms. The monoisotopic (exact) mass is 400 g/mol. The van der Waals surface area contributed by atoms with Crippen LogP contribution in [0.3, 0.4) is 0 Å². The lowest BCUT2D eigenvalue weighted by molar-refractivity contribution is 0.549. The normalized spacial score (nSPS) is 10.7. The first-order chi connectivity index (χ1) is 8.81. The van der Waals surface area contributed by atoms with Crippen LogP contribution in [0.25, 0.3) is 0 Å².